The Morgan fingerprint density at radius 1 is 1.48 bits per heavy atom. The van der Waals surface area contributed by atoms with Gasteiger partial charge in [0.25, 0.3) is 0 Å². The number of halogens is 5. The zero-order chi connectivity index (χ0) is 16.0. The second-order valence-electron chi connectivity index (χ2n) is 5.26. The van der Waals surface area contributed by atoms with Crippen LogP contribution in [-0.4, -0.2) is 26.8 Å². The Morgan fingerprint density at radius 3 is 2.52 bits per heavy atom. The molecule has 1 aromatic rings. The molecule has 2 rings (SSSR count). The highest BCUT2D eigenvalue weighted by molar-refractivity contribution is 5.88. The Balaban J connectivity index is 2.35. The van der Waals surface area contributed by atoms with Crippen LogP contribution in [0.3, 0.4) is 0 Å². The third kappa shape index (κ3) is 3.16. The van der Waals surface area contributed by atoms with E-state index < -0.39 is 47.4 Å². The normalized spacial score (nSPS) is 21.7. The molecule has 21 heavy (non-hydrogen) atoms. The molecule has 1 aromatic heterocycles. The van der Waals surface area contributed by atoms with Gasteiger partial charge in [0.15, 0.2) is 5.69 Å². The first-order chi connectivity index (χ1) is 9.51. The smallest absolute Gasteiger partial charge is 0.420 e. The molecule has 1 fully saturated rings. The fraction of sp³-hybridized carbons (Fsp3) is 0.667. The summed E-state index contributed by atoms with van der Waals surface area (Å²) in [4.78, 5) is 11.1. The number of aromatic nitrogens is 2. The van der Waals surface area contributed by atoms with Gasteiger partial charge >= 0.3 is 12.1 Å². The van der Waals surface area contributed by atoms with Crippen LogP contribution < -0.4 is 0 Å². The van der Waals surface area contributed by atoms with E-state index in [-0.39, 0.29) is 19.4 Å². The third-order valence-electron chi connectivity index (χ3n) is 3.55. The first-order valence-electron chi connectivity index (χ1n) is 6.27. The number of carboxylic acid groups (broad SMARTS) is 1. The summed E-state index contributed by atoms with van der Waals surface area (Å²) in [6.07, 6.45) is -5.53. The van der Waals surface area contributed by atoms with Crippen molar-refractivity contribution in [3.63, 3.8) is 0 Å². The van der Waals surface area contributed by atoms with Crippen molar-refractivity contribution >= 4 is 5.97 Å². The van der Waals surface area contributed by atoms with Gasteiger partial charge in [-0.1, -0.05) is 0 Å². The fourth-order valence-electron chi connectivity index (χ4n) is 2.71. The van der Waals surface area contributed by atoms with E-state index in [1.165, 1.54) is 0 Å². The van der Waals surface area contributed by atoms with Gasteiger partial charge in [-0.3, -0.25) is 4.68 Å². The van der Waals surface area contributed by atoms with E-state index in [2.05, 4.69) is 5.10 Å². The predicted molar refractivity (Wildman–Crippen MR) is 61.2 cm³/mol. The van der Waals surface area contributed by atoms with Crippen LogP contribution in [0.1, 0.15) is 41.0 Å². The summed E-state index contributed by atoms with van der Waals surface area (Å²) in [5.41, 5.74) is -2.78. The Labute approximate surface area is 116 Å². The number of aryl methyl sites for hydroxylation is 1. The van der Waals surface area contributed by atoms with Crippen LogP contribution in [0.15, 0.2) is 0 Å². The minimum absolute atomic E-state index is 0.131. The van der Waals surface area contributed by atoms with Gasteiger partial charge in [-0.2, -0.15) is 18.3 Å². The Morgan fingerprint density at radius 2 is 2.10 bits per heavy atom. The van der Waals surface area contributed by atoms with E-state index in [0.29, 0.717) is 4.68 Å². The average molecular weight is 312 g/mol. The van der Waals surface area contributed by atoms with E-state index in [9.17, 15) is 26.7 Å². The highest BCUT2D eigenvalue weighted by atomic mass is 19.4. The van der Waals surface area contributed by atoms with Crippen molar-refractivity contribution in [2.45, 2.75) is 44.8 Å². The lowest BCUT2D eigenvalue weighted by Crippen LogP contribution is -2.19. The van der Waals surface area contributed by atoms with Crippen molar-refractivity contribution in [2.75, 3.05) is 0 Å². The lowest BCUT2D eigenvalue weighted by molar-refractivity contribution is -0.138. The molecule has 0 unspecified atom stereocenters. The number of carbonyl (C=O) groups is 1. The first kappa shape index (κ1) is 15.7. The average Bonchev–Trinajstić information content (AvgIpc) is 2.78. The van der Waals surface area contributed by atoms with Crippen LogP contribution in [-0.2, 0) is 12.7 Å². The number of rotatable bonds is 3. The summed E-state index contributed by atoms with van der Waals surface area (Å²) in [7, 11) is 0. The van der Waals surface area contributed by atoms with Crippen molar-refractivity contribution in [2.24, 2.45) is 5.92 Å². The maximum atomic E-state index is 13.1. The molecule has 1 aliphatic carbocycles. The minimum atomic E-state index is -4.85. The molecule has 0 amide bonds. The van der Waals surface area contributed by atoms with Gasteiger partial charge < -0.3 is 5.11 Å². The van der Waals surface area contributed by atoms with E-state index in [0.717, 1.165) is 6.92 Å². The van der Waals surface area contributed by atoms with E-state index >= 15 is 0 Å². The molecule has 0 spiro atoms. The summed E-state index contributed by atoms with van der Waals surface area (Å²) in [6.45, 7) is 0.795. The highest BCUT2D eigenvalue weighted by Gasteiger charge is 2.43. The molecule has 1 N–H and O–H groups in total. The monoisotopic (exact) mass is 312 g/mol. The lowest BCUT2D eigenvalue weighted by Gasteiger charge is -2.13. The summed E-state index contributed by atoms with van der Waals surface area (Å²) in [5, 5.41) is 12.6. The van der Waals surface area contributed by atoms with Crippen LogP contribution in [0.5, 0.6) is 0 Å². The quantitative estimate of drug-likeness (QED) is 0.871. The number of aromatic carboxylic acids is 1. The maximum Gasteiger partial charge on any atom is 0.420 e. The summed E-state index contributed by atoms with van der Waals surface area (Å²) in [6, 6.07) is 0. The molecule has 0 aliphatic heterocycles. The molecule has 9 heteroatoms. The van der Waals surface area contributed by atoms with E-state index in [1.807, 2.05) is 0 Å². The molecule has 118 valence electrons. The first-order valence-corrected chi connectivity index (χ1v) is 6.27. The van der Waals surface area contributed by atoms with Crippen LogP contribution in [0.2, 0.25) is 0 Å². The Kier molecular flexibility index (Phi) is 3.71. The Bertz CT molecular complexity index is 565. The minimum Gasteiger partial charge on any atom is -0.477 e. The second kappa shape index (κ2) is 4.96. The van der Waals surface area contributed by atoms with Gasteiger partial charge in [-0.05, 0) is 19.3 Å². The van der Waals surface area contributed by atoms with Crippen molar-refractivity contribution in [1.82, 2.24) is 9.78 Å². The zero-order valence-corrected chi connectivity index (χ0v) is 11.0. The molecule has 1 aliphatic rings. The summed E-state index contributed by atoms with van der Waals surface area (Å²) in [5.74, 6) is -5.20. The molecule has 4 nitrogen and oxygen atoms in total. The number of nitrogens with zero attached hydrogens (tertiary/aromatic N) is 2. The summed E-state index contributed by atoms with van der Waals surface area (Å²) >= 11 is 0. The van der Waals surface area contributed by atoms with Gasteiger partial charge in [0, 0.05) is 19.4 Å². The van der Waals surface area contributed by atoms with E-state index in [1.54, 1.807) is 0 Å². The van der Waals surface area contributed by atoms with Crippen LogP contribution in [0, 0.1) is 12.8 Å². The number of hydrogen-bond acceptors (Lipinski definition) is 2. The third-order valence-corrected chi connectivity index (χ3v) is 3.55. The van der Waals surface area contributed by atoms with Crippen LogP contribution in [0.25, 0.3) is 0 Å². The largest absolute Gasteiger partial charge is 0.477 e. The topological polar surface area (TPSA) is 55.1 Å². The molecule has 1 atom stereocenters. The van der Waals surface area contributed by atoms with Crippen molar-refractivity contribution in [1.29, 1.82) is 0 Å². The van der Waals surface area contributed by atoms with Gasteiger partial charge in [0.05, 0.1) is 5.69 Å². The molecular formula is C12H13F5N2O2. The van der Waals surface area contributed by atoms with Crippen molar-refractivity contribution < 1.29 is 31.9 Å². The Hall–Kier alpha value is -1.67. The SMILES string of the molecule is Cc1nn(C[C@@H]2CCC(F)(F)C2)c(C(=O)O)c1C(F)(F)F. The molecule has 1 saturated carbocycles. The van der Waals surface area contributed by atoms with E-state index in [4.69, 9.17) is 5.11 Å². The second-order valence-corrected chi connectivity index (χ2v) is 5.26. The van der Waals surface area contributed by atoms with Crippen LogP contribution in [0.4, 0.5) is 22.0 Å². The van der Waals surface area contributed by atoms with Gasteiger partial charge in [0.2, 0.25) is 5.92 Å². The molecule has 0 aromatic carbocycles. The summed E-state index contributed by atoms with van der Waals surface area (Å²) < 4.78 is 65.5. The standard InChI is InChI=1S/C12H13F5N2O2/c1-6-8(12(15,16)17)9(10(20)21)19(18-6)5-7-2-3-11(13,14)4-7/h7H,2-5H2,1H3,(H,20,21)/t7-/m1/s1. The highest BCUT2D eigenvalue weighted by Crippen LogP contribution is 2.40. The molecule has 0 radical (unpaired) electrons. The maximum absolute atomic E-state index is 13.1. The number of alkyl halides is 5. The van der Waals surface area contributed by atoms with Crippen molar-refractivity contribution in [3.8, 4) is 0 Å². The number of carboxylic acids is 1. The van der Waals surface area contributed by atoms with Gasteiger partial charge in [0.1, 0.15) is 5.56 Å². The molecule has 0 bridgehead atoms. The lowest BCUT2D eigenvalue weighted by atomic mass is 10.1. The van der Waals surface area contributed by atoms with Crippen molar-refractivity contribution in [3.05, 3.63) is 17.0 Å². The fourth-order valence-corrected chi connectivity index (χ4v) is 2.71. The zero-order valence-electron chi connectivity index (χ0n) is 11.0. The van der Waals surface area contributed by atoms with Crippen LogP contribution >= 0.6 is 0 Å². The van der Waals surface area contributed by atoms with Gasteiger partial charge in [-0.25, -0.2) is 13.6 Å². The van der Waals surface area contributed by atoms with Gasteiger partial charge in [-0.15, -0.1) is 0 Å². The predicted octanol–water partition coefficient (Wildman–Crippen LogP) is 3.34. The molecule has 0 saturated heterocycles. The molecule has 1 heterocycles. The number of hydrogen-bond donors (Lipinski definition) is 1. The molecular weight excluding hydrogens is 299 g/mol.